The second-order valence-corrected chi connectivity index (χ2v) is 6.94. The van der Waals surface area contributed by atoms with Gasteiger partial charge in [-0.15, -0.1) is 0 Å². The monoisotopic (exact) mass is 323 g/mol. The minimum Gasteiger partial charge on any atom is -0.361 e. The third-order valence-corrected chi connectivity index (χ3v) is 5.50. The van der Waals surface area contributed by atoms with Crippen molar-refractivity contribution >= 4 is 27.2 Å². The first-order valence-electron chi connectivity index (χ1n) is 9.18. The van der Waals surface area contributed by atoms with E-state index >= 15 is 0 Å². The molecule has 1 heterocycles. The molecule has 0 fully saturated rings. The highest BCUT2D eigenvalue weighted by Crippen LogP contribution is 2.35. The number of nitrogens with one attached hydrogen (secondary N) is 1. The molecule has 0 saturated heterocycles. The van der Waals surface area contributed by atoms with Crippen molar-refractivity contribution < 1.29 is 0 Å². The van der Waals surface area contributed by atoms with Crippen LogP contribution in [0.4, 0.5) is 0 Å². The first kappa shape index (κ1) is 14.5. The number of allylic oxidation sites excluding steroid dienone is 4. The van der Waals surface area contributed by atoms with Crippen LogP contribution in [0.3, 0.4) is 0 Å². The Morgan fingerprint density at radius 1 is 0.680 bits per heavy atom. The van der Waals surface area contributed by atoms with Gasteiger partial charge in [-0.1, -0.05) is 54.6 Å². The Morgan fingerprint density at radius 2 is 1.52 bits per heavy atom. The van der Waals surface area contributed by atoms with Crippen molar-refractivity contribution in [2.24, 2.45) is 0 Å². The molecule has 3 aromatic rings. The zero-order valence-electron chi connectivity index (χ0n) is 14.3. The average Bonchev–Trinajstić information content (AvgIpc) is 2.96. The molecule has 25 heavy (non-hydrogen) atoms. The lowest BCUT2D eigenvalue weighted by Gasteiger charge is -2.19. The largest absolute Gasteiger partial charge is 0.361 e. The summed E-state index contributed by atoms with van der Waals surface area (Å²) in [5.41, 5.74) is 5.53. The number of fused-ring (bicyclic) bond motifs is 5. The molecule has 3 aromatic carbocycles. The highest BCUT2D eigenvalue weighted by Gasteiger charge is 2.14. The summed E-state index contributed by atoms with van der Waals surface area (Å²) in [7, 11) is 0. The fourth-order valence-electron chi connectivity index (χ4n) is 4.29. The van der Waals surface area contributed by atoms with Crippen LogP contribution < -0.4 is 5.32 Å². The maximum absolute atomic E-state index is 3.41. The number of hydrogen-bond donors (Lipinski definition) is 1. The smallest absolute Gasteiger partial charge is 0.0459 e. The highest BCUT2D eigenvalue weighted by atomic mass is 14.8. The second-order valence-electron chi connectivity index (χ2n) is 6.94. The van der Waals surface area contributed by atoms with Crippen LogP contribution in [0.25, 0.3) is 27.2 Å². The topological polar surface area (TPSA) is 12.0 Å². The van der Waals surface area contributed by atoms with Crippen LogP contribution in [0.15, 0.2) is 73.0 Å². The van der Waals surface area contributed by atoms with Crippen molar-refractivity contribution in [3.63, 3.8) is 0 Å². The summed E-state index contributed by atoms with van der Waals surface area (Å²) >= 11 is 0. The van der Waals surface area contributed by atoms with Gasteiger partial charge in [-0.2, -0.15) is 0 Å². The van der Waals surface area contributed by atoms with E-state index in [0.29, 0.717) is 0 Å². The summed E-state index contributed by atoms with van der Waals surface area (Å²) in [5.74, 6) is 0. The normalized spacial score (nSPS) is 16.4. The quantitative estimate of drug-likeness (QED) is 0.551. The Balaban J connectivity index is 1.78. The van der Waals surface area contributed by atoms with Crippen molar-refractivity contribution in [3.8, 4) is 0 Å². The molecule has 0 unspecified atom stereocenters. The van der Waals surface area contributed by atoms with Gasteiger partial charge in [0.1, 0.15) is 0 Å². The molecular formula is C24H21N. The van der Waals surface area contributed by atoms with Crippen LogP contribution in [-0.4, -0.2) is 0 Å². The van der Waals surface area contributed by atoms with Crippen LogP contribution in [0.1, 0.15) is 29.5 Å². The molecule has 5 rings (SSSR count). The van der Waals surface area contributed by atoms with Crippen molar-refractivity contribution in [1.29, 1.82) is 0 Å². The van der Waals surface area contributed by atoms with Gasteiger partial charge in [0, 0.05) is 17.5 Å². The van der Waals surface area contributed by atoms with Crippen LogP contribution >= 0.6 is 0 Å². The van der Waals surface area contributed by atoms with E-state index in [0.717, 1.165) is 5.70 Å². The van der Waals surface area contributed by atoms with E-state index in [9.17, 15) is 0 Å². The predicted molar refractivity (Wildman–Crippen MR) is 107 cm³/mol. The van der Waals surface area contributed by atoms with Crippen molar-refractivity contribution in [1.82, 2.24) is 5.32 Å². The van der Waals surface area contributed by atoms with Gasteiger partial charge in [-0.05, 0) is 70.5 Å². The van der Waals surface area contributed by atoms with Gasteiger partial charge in [0.2, 0.25) is 0 Å². The highest BCUT2D eigenvalue weighted by molar-refractivity contribution is 6.11. The standard InChI is InChI=1S/C24H21N/c1-2-11-24(25-16-5-1)23-10-6-9-19-21-13-12-17-7-3-4-8-18(17)20(21)14-15-22(19)23/h1-2,5-6,9-16,25H,3-4,7-8H2. The van der Waals surface area contributed by atoms with Crippen LogP contribution in [0.5, 0.6) is 0 Å². The first-order valence-corrected chi connectivity index (χ1v) is 9.18. The molecular weight excluding hydrogens is 302 g/mol. The first-order chi connectivity index (χ1) is 12.4. The lowest BCUT2D eigenvalue weighted by molar-refractivity contribution is 0.690. The Labute approximate surface area is 148 Å². The Bertz CT molecular complexity index is 1070. The van der Waals surface area contributed by atoms with Gasteiger partial charge in [-0.25, -0.2) is 0 Å². The molecule has 0 radical (unpaired) electrons. The van der Waals surface area contributed by atoms with Gasteiger partial charge in [-0.3, -0.25) is 0 Å². The van der Waals surface area contributed by atoms with Crippen molar-refractivity contribution in [2.45, 2.75) is 25.7 Å². The van der Waals surface area contributed by atoms with E-state index < -0.39 is 0 Å². The van der Waals surface area contributed by atoms with Crippen LogP contribution in [0, 0.1) is 0 Å². The summed E-state index contributed by atoms with van der Waals surface area (Å²) in [5, 5.41) is 8.91. The number of rotatable bonds is 1. The average molecular weight is 323 g/mol. The molecule has 0 bridgehead atoms. The molecule has 2 aliphatic rings. The van der Waals surface area contributed by atoms with Gasteiger partial charge < -0.3 is 5.32 Å². The fourth-order valence-corrected chi connectivity index (χ4v) is 4.29. The summed E-state index contributed by atoms with van der Waals surface area (Å²) in [6.07, 6.45) is 15.4. The van der Waals surface area contributed by atoms with Gasteiger partial charge >= 0.3 is 0 Å². The molecule has 1 heteroatoms. The fraction of sp³-hybridized carbons (Fsp3) is 0.167. The molecule has 0 aromatic heterocycles. The Hall–Kier alpha value is -2.80. The summed E-state index contributed by atoms with van der Waals surface area (Å²) in [6, 6.07) is 16.0. The predicted octanol–water partition coefficient (Wildman–Crippen LogP) is 5.89. The van der Waals surface area contributed by atoms with E-state index in [-0.39, 0.29) is 0 Å². The minimum absolute atomic E-state index is 1.15. The maximum Gasteiger partial charge on any atom is 0.0459 e. The van der Waals surface area contributed by atoms with Gasteiger partial charge in [0.15, 0.2) is 0 Å². The molecule has 1 nitrogen and oxygen atoms in total. The zero-order chi connectivity index (χ0) is 16.6. The Morgan fingerprint density at radius 3 is 2.52 bits per heavy atom. The third-order valence-electron chi connectivity index (χ3n) is 5.50. The molecule has 1 aliphatic heterocycles. The third kappa shape index (κ3) is 2.39. The summed E-state index contributed by atoms with van der Waals surface area (Å²) in [6.45, 7) is 0. The second kappa shape index (κ2) is 5.93. The molecule has 1 N–H and O–H groups in total. The zero-order valence-corrected chi connectivity index (χ0v) is 14.3. The molecule has 0 spiro atoms. The van der Waals surface area contributed by atoms with E-state index in [1.165, 1.54) is 52.8 Å². The van der Waals surface area contributed by atoms with Gasteiger partial charge in [0.05, 0.1) is 0 Å². The lowest BCUT2D eigenvalue weighted by atomic mass is 9.86. The van der Waals surface area contributed by atoms with E-state index in [1.807, 2.05) is 18.4 Å². The van der Waals surface area contributed by atoms with Crippen LogP contribution in [0.2, 0.25) is 0 Å². The lowest BCUT2D eigenvalue weighted by Crippen LogP contribution is -2.04. The minimum atomic E-state index is 1.15. The molecule has 0 saturated carbocycles. The SMILES string of the molecule is C1=CC=C(c2cccc3c2ccc2c4c(ccc23)CCCC4)NC=C1. The summed E-state index contributed by atoms with van der Waals surface area (Å²) in [4.78, 5) is 0. The van der Waals surface area contributed by atoms with E-state index in [2.05, 4.69) is 59.9 Å². The van der Waals surface area contributed by atoms with E-state index in [1.54, 1.807) is 11.1 Å². The molecule has 1 aliphatic carbocycles. The molecule has 122 valence electrons. The number of aryl methyl sites for hydroxylation is 2. The maximum atomic E-state index is 3.41. The van der Waals surface area contributed by atoms with Crippen molar-refractivity contribution in [3.05, 3.63) is 89.7 Å². The molecule has 0 amide bonds. The van der Waals surface area contributed by atoms with Crippen molar-refractivity contribution in [2.75, 3.05) is 0 Å². The van der Waals surface area contributed by atoms with Crippen LogP contribution in [-0.2, 0) is 12.8 Å². The molecule has 0 atom stereocenters. The van der Waals surface area contributed by atoms with E-state index in [4.69, 9.17) is 0 Å². The van der Waals surface area contributed by atoms with Gasteiger partial charge in [0.25, 0.3) is 0 Å². The number of benzene rings is 3. The number of hydrogen-bond acceptors (Lipinski definition) is 1. The Kier molecular flexibility index (Phi) is 3.45. The summed E-state index contributed by atoms with van der Waals surface area (Å²) < 4.78 is 0.